The minimum Gasteiger partial charge on any atom is -0.311 e. The smallest absolute Gasteiger partial charge is 0.0695 e. The van der Waals surface area contributed by atoms with Gasteiger partial charge >= 0.3 is 0 Å². The highest BCUT2D eigenvalue weighted by molar-refractivity contribution is 6.20. The van der Waals surface area contributed by atoms with Crippen molar-refractivity contribution in [1.82, 2.24) is 14.5 Å². The zero-order valence-electron chi connectivity index (χ0n) is 31.7. The summed E-state index contributed by atoms with van der Waals surface area (Å²) in [5, 5.41) is 2.37. The number of hydrogen-bond acceptors (Lipinski definition) is 3. The summed E-state index contributed by atoms with van der Waals surface area (Å²) in [7, 11) is 0. The fourth-order valence-electron chi connectivity index (χ4n) is 7.75. The van der Waals surface area contributed by atoms with Crippen LogP contribution in [0.4, 0.5) is 11.4 Å². The second kappa shape index (κ2) is 15.7. The molecule has 57 heavy (non-hydrogen) atoms. The number of para-hydroxylation sites is 1. The number of hydrogen-bond donors (Lipinski definition) is 0. The van der Waals surface area contributed by atoms with Crippen LogP contribution < -0.4 is 4.90 Å². The van der Waals surface area contributed by atoms with Gasteiger partial charge in [-0.2, -0.15) is 0 Å². The molecular weight excluding hydrogens is 693 g/mol. The maximum Gasteiger partial charge on any atom is 0.0695 e. The number of rotatable bonds is 10. The van der Waals surface area contributed by atoms with Gasteiger partial charge in [0.1, 0.15) is 0 Å². The first-order valence-electron chi connectivity index (χ1n) is 19.2. The van der Waals surface area contributed by atoms with E-state index in [0.717, 1.165) is 50.7 Å². The van der Waals surface area contributed by atoms with Gasteiger partial charge < -0.3 is 9.47 Å². The Morgan fingerprint density at radius 2 is 1.18 bits per heavy atom. The fraction of sp³-hybridized carbons (Fsp3) is 0.0189. The van der Waals surface area contributed by atoms with Crippen LogP contribution in [0.15, 0.2) is 225 Å². The zero-order chi connectivity index (χ0) is 38.6. The van der Waals surface area contributed by atoms with Gasteiger partial charge in [-0.3, -0.25) is 9.97 Å². The molecule has 4 nitrogen and oxygen atoms in total. The third kappa shape index (κ3) is 6.86. The summed E-state index contributed by atoms with van der Waals surface area (Å²) in [6.45, 7) is 6.44. The van der Waals surface area contributed by atoms with E-state index in [2.05, 4.69) is 197 Å². The SMILES string of the molecule is C=C(/C=C\C(=C/C)N(c1ccc(-c2ccncc2)cc1)c1ccc2c(c1)c1c(-c3ccccc3)ccc(-c3ccccc3)c1n2-c1ccccc1)c1ccccn1. The van der Waals surface area contributed by atoms with Crippen LogP contribution in [-0.2, 0) is 0 Å². The highest BCUT2D eigenvalue weighted by atomic mass is 15.1. The first-order valence-corrected chi connectivity index (χ1v) is 19.2. The minimum atomic E-state index is 0.838. The van der Waals surface area contributed by atoms with Gasteiger partial charge in [-0.15, -0.1) is 0 Å². The summed E-state index contributed by atoms with van der Waals surface area (Å²) >= 11 is 0. The molecule has 6 aromatic carbocycles. The van der Waals surface area contributed by atoms with E-state index in [-0.39, 0.29) is 0 Å². The van der Waals surface area contributed by atoms with Gasteiger partial charge in [0.15, 0.2) is 0 Å². The van der Waals surface area contributed by atoms with Gasteiger partial charge in [-0.05, 0) is 113 Å². The van der Waals surface area contributed by atoms with Gasteiger partial charge in [-0.1, -0.05) is 128 Å². The van der Waals surface area contributed by atoms with Crippen LogP contribution in [0.3, 0.4) is 0 Å². The topological polar surface area (TPSA) is 34.0 Å². The molecule has 0 radical (unpaired) electrons. The van der Waals surface area contributed by atoms with Crippen molar-refractivity contribution in [2.45, 2.75) is 6.92 Å². The molecule has 9 rings (SSSR count). The second-order valence-electron chi connectivity index (χ2n) is 13.9. The number of pyridine rings is 2. The largest absolute Gasteiger partial charge is 0.311 e. The molecule has 0 N–H and O–H groups in total. The fourth-order valence-corrected chi connectivity index (χ4v) is 7.75. The van der Waals surface area contributed by atoms with Gasteiger partial charge in [-0.25, -0.2) is 0 Å². The Balaban J connectivity index is 1.30. The molecule has 3 heterocycles. The van der Waals surface area contributed by atoms with Crippen LogP contribution in [-0.4, -0.2) is 14.5 Å². The van der Waals surface area contributed by atoms with Crippen molar-refractivity contribution in [2.75, 3.05) is 4.90 Å². The Labute approximate surface area is 333 Å². The average molecular weight is 733 g/mol. The molecule has 4 heteroatoms. The van der Waals surface area contributed by atoms with Crippen LogP contribution in [0.2, 0.25) is 0 Å². The van der Waals surface area contributed by atoms with Crippen LogP contribution in [0.5, 0.6) is 0 Å². The highest BCUT2D eigenvalue weighted by Crippen LogP contribution is 2.45. The van der Waals surface area contributed by atoms with E-state index in [1.807, 2.05) is 42.7 Å². The molecule has 0 unspecified atom stereocenters. The monoisotopic (exact) mass is 732 g/mol. The second-order valence-corrected chi connectivity index (χ2v) is 13.9. The number of fused-ring (bicyclic) bond motifs is 3. The number of nitrogens with zero attached hydrogens (tertiary/aromatic N) is 4. The zero-order valence-corrected chi connectivity index (χ0v) is 31.7. The van der Waals surface area contributed by atoms with Gasteiger partial charge in [0.25, 0.3) is 0 Å². The summed E-state index contributed by atoms with van der Waals surface area (Å²) in [5.74, 6) is 0. The van der Waals surface area contributed by atoms with Gasteiger partial charge in [0.05, 0.1) is 16.7 Å². The third-order valence-corrected chi connectivity index (χ3v) is 10.5. The van der Waals surface area contributed by atoms with Crippen LogP contribution >= 0.6 is 0 Å². The molecular formula is C53H40N4. The van der Waals surface area contributed by atoms with Crippen molar-refractivity contribution in [1.29, 1.82) is 0 Å². The molecule has 3 aromatic heterocycles. The Morgan fingerprint density at radius 3 is 1.84 bits per heavy atom. The van der Waals surface area contributed by atoms with E-state index in [1.54, 1.807) is 6.20 Å². The Hall–Kier alpha value is -7.56. The van der Waals surface area contributed by atoms with E-state index < -0.39 is 0 Å². The van der Waals surface area contributed by atoms with Gasteiger partial charge in [0.2, 0.25) is 0 Å². The van der Waals surface area contributed by atoms with Crippen LogP contribution in [0, 0.1) is 0 Å². The van der Waals surface area contributed by atoms with Crippen molar-refractivity contribution in [3.63, 3.8) is 0 Å². The van der Waals surface area contributed by atoms with Gasteiger partial charge in [0, 0.05) is 57.7 Å². The standard InChI is InChI=1S/C53H40N4/c1-3-43(25-22-38(2)50-21-13-14-34-55-50)56(45-26-23-39(24-27-45)40-32-35-54-36-33-40)46-28-31-51-49(37-46)52-47(41-15-7-4-8-16-41)29-30-48(42-17-9-5-10-18-42)53(52)57(51)44-19-11-6-12-20-44/h3-37H,2H2,1H3/b25-22-,43-3+. The number of aromatic nitrogens is 3. The lowest BCUT2D eigenvalue weighted by molar-refractivity contribution is 1.17. The van der Waals surface area contributed by atoms with Crippen molar-refractivity contribution in [3.8, 4) is 39.1 Å². The number of allylic oxidation sites excluding steroid dienone is 4. The molecule has 9 aromatic rings. The minimum absolute atomic E-state index is 0.838. The Bertz CT molecular complexity index is 2880. The lowest BCUT2D eigenvalue weighted by atomic mass is 9.94. The first-order chi connectivity index (χ1) is 28.2. The summed E-state index contributed by atoms with van der Waals surface area (Å²) in [6.07, 6.45) is 11.8. The summed E-state index contributed by atoms with van der Waals surface area (Å²) in [6, 6.07) is 62.4. The normalized spacial score (nSPS) is 11.7. The Morgan fingerprint density at radius 1 is 0.561 bits per heavy atom. The van der Waals surface area contributed by atoms with E-state index in [1.165, 1.54) is 38.5 Å². The quantitative estimate of drug-likeness (QED) is 0.131. The molecule has 0 fully saturated rings. The molecule has 0 atom stereocenters. The first kappa shape index (κ1) is 35.2. The van der Waals surface area contributed by atoms with Crippen molar-refractivity contribution < 1.29 is 0 Å². The van der Waals surface area contributed by atoms with Crippen molar-refractivity contribution >= 4 is 38.8 Å². The van der Waals surface area contributed by atoms with Crippen molar-refractivity contribution in [2.24, 2.45) is 0 Å². The molecule has 0 aliphatic carbocycles. The number of anilines is 2. The maximum atomic E-state index is 4.54. The molecule has 0 bridgehead atoms. The predicted octanol–water partition coefficient (Wildman–Crippen LogP) is 13.9. The molecule has 0 aliphatic heterocycles. The van der Waals surface area contributed by atoms with E-state index in [9.17, 15) is 0 Å². The summed E-state index contributed by atoms with van der Waals surface area (Å²) < 4.78 is 2.43. The molecule has 0 aliphatic rings. The highest BCUT2D eigenvalue weighted by Gasteiger charge is 2.22. The molecule has 272 valence electrons. The maximum absolute atomic E-state index is 4.54. The lowest BCUT2D eigenvalue weighted by Gasteiger charge is -2.27. The molecule has 0 saturated heterocycles. The number of benzene rings is 6. The van der Waals surface area contributed by atoms with E-state index in [4.69, 9.17) is 0 Å². The molecule has 0 saturated carbocycles. The van der Waals surface area contributed by atoms with Crippen molar-refractivity contribution in [3.05, 3.63) is 231 Å². The van der Waals surface area contributed by atoms with Crippen LogP contribution in [0.25, 0.3) is 66.4 Å². The summed E-state index contributed by atoms with van der Waals surface area (Å²) in [4.78, 5) is 11.1. The predicted molar refractivity (Wildman–Crippen MR) is 240 cm³/mol. The Kier molecular flexibility index (Phi) is 9.66. The third-order valence-electron chi connectivity index (χ3n) is 10.5. The van der Waals surface area contributed by atoms with Crippen LogP contribution in [0.1, 0.15) is 12.6 Å². The van der Waals surface area contributed by atoms with E-state index in [0.29, 0.717) is 0 Å². The van der Waals surface area contributed by atoms with E-state index >= 15 is 0 Å². The summed E-state index contributed by atoms with van der Waals surface area (Å²) in [5.41, 5.74) is 15.1. The lowest BCUT2D eigenvalue weighted by Crippen LogP contribution is -2.15. The average Bonchev–Trinajstić information content (AvgIpc) is 3.63. The molecule has 0 amide bonds. The molecule has 0 spiro atoms.